The molecule has 2 unspecified atom stereocenters. The molecule has 1 heterocycles. The van der Waals surface area contributed by atoms with E-state index in [0.717, 1.165) is 12.1 Å². The number of carbonyl (C=O) groups is 1. The fourth-order valence-electron chi connectivity index (χ4n) is 2.12. The number of hydrogen-bond donors (Lipinski definition) is 1. The number of hydrogen-bond acceptors (Lipinski definition) is 6. The second-order valence-corrected chi connectivity index (χ2v) is 5.87. The summed E-state index contributed by atoms with van der Waals surface area (Å²) in [5.41, 5.74) is 6.12. The normalized spacial score (nSPS) is 27.4. The van der Waals surface area contributed by atoms with Gasteiger partial charge in [0.2, 0.25) is 0 Å². The van der Waals surface area contributed by atoms with Crippen LogP contribution in [0.25, 0.3) is 0 Å². The summed E-state index contributed by atoms with van der Waals surface area (Å²) in [7, 11) is 0. The zero-order valence-electron chi connectivity index (χ0n) is 10.6. The molecule has 2 atom stereocenters. The Morgan fingerprint density at radius 2 is 2.56 bits per heavy atom. The Balaban J connectivity index is 1.93. The first-order chi connectivity index (χ1) is 8.53. The topological polar surface area (TPSA) is 78.4 Å². The lowest BCUT2D eigenvalue weighted by molar-refractivity contribution is -0.149. The molecule has 1 aromatic rings. The Labute approximate surface area is 110 Å². The van der Waals surface area contributed by atoms with Crippen molar-refractivity contribution in [1.29, 1.82) is 0 Å². The minimum atomic E-state index is -0.838. The summed E-state index contributed by atoms with van der Waals surface area (Å²) in [6, 6.07) is 0. The molecule has 0 spiro atoms. The van der Waals surface area contributed by atoms with E-state index in [1.807, 2.05) is 6.92 Å². The summed E-state index contributed by atoms with van der Waals surface area (Å²) in [5.74, 6) is -0.295. The van der Waals surface area contributed by atoms with Crippen LogP contribution in [0.15, 0.2) is 15.9 Å². The van der Waals surface area contributed by atoms with Crippen LogP contribution in [-0.2, 0) is 9.53 Å². The van der Waals surface area contributed by atoms with Crippen LogP contribution >= 0.6 is 11.8 Å². The van der Waals surface area contributed by atoms with Gasteiger partial charge in [-0.2, -0.15) is 0 Å². The molecule has 2 N–H and O–H groups in total. The second kappa shape index (κ2) is 5.32. The fraction of sp³-hybridized carbons (Fsp3) is 0.667. The summed E-state index contributed by atoms with van der Waals surface area (Å²) in [5, 5.41) is 0.906. The van der Waals surface area contributed by atoms with Crippen molar-refractivity contribution in [2.45, 2.75) is 49.1 Å². The fourth-order valence-corrected chi connectivity index (χ4v) is 3.32. The lowest BCUT2D eigenvalue weighted by Crippen LogP contribution is -2.47. The van der Waals surface area contributed by atoms with E-state index in [9.17, 15) is 4.79 Å². The molecule has 0 radical (unpaired) electrons. The van der Waals surface area contributed by atoms with Gasteiger partial charge in [-0.25, -0.2) is 4.98 Å². The van der Waals surface area contributed by atoms with Crippen LogP contribution in [0.5, 0.6) is 0 Å². The van der Waals surface area contributed by atoms with Crippen molar-refractivity contribution >= 4 is 17.7 Å². The maximum atomic E-state index is 11.8. The molecule has 0 bridgehead atoms. The van der Waals surface area contributed by atoms with Crippen molar-refractivity contribution in [1.82, 2.24) is 4.98 Å². The summed E-state index contributed by atoms with van der Waals surface area (Å²) in [6.45, 7) is 4.04. The highest BCUT2D eigenvalue weighted by atomic mass is 32.2. The predicted molar refractivity (Wildman–Crippen MR) is 68.3 cm³/mol. The van der Waals surface area contributed by atoms with Gasteiger partial charge in [-0.15, -0.1) is 0 Å². The molecular formula is C12H18N2O3S. The van der Waals surface area contributed by atoms with E-state index < -0.39 is 5.54 Å². The molecular weight excluding hydrogens is 252 g/mol. The van der Waals surface area contributed by atoms with Gasteiger partial charge >= 0.3 is 5.97 Å². The van der Waals surface area contributed by atoms with Gasteiger partial charge in [0, 0.05) is 5.25 Å². The molecule has 0 aliphatic heterocycles. The lowest BCUT2D eigenvalue weighted by Gasteiger charge is -2.21. The molecule has 1 aliphatic carbocycles. The summed E-state index contributed by atoms with van der Waals surface area (Å²) in [6.07, 6.45) is 3.76. The molecule has 0 saturated heterocycles. The average Bonchev–Trinajstić information content (AvgIpc) is 2.88. The van der Waals surface area contributed by atoms with Crippen molar-refractivity contribution in [3.63, 3.8) is 0 Å². The minimum absolute atomic E-state index is 0.262. The highest BCUT2D eigenvalue weighted by molar-refractivity contribution is 7.99. The molecule has 1 aliphatic rings. The van der Waals surface area contributed by atoms with Crippen LogP contribution in [0.3, 0.4) is 0 Å². The van der Waals surface area contributed by atoms with E-state index >= 15 is 0 Å². The van der Waals surface area contributed by atoms with Gasteiger partial charge in [0.1, 0.15) is 11.8 Å². The Bertz CT molecular complexity index is 435. The molecule has 0 aromatic carbocycles. The van der Waals surface area contributed by atoms with Gasteiger partial charge in [-0.1, -0.05) is 11.8 Å². The van der Waals surface area contributed by atoms with Crippen LogP contribution in [0.2, 0.25) is 0 Å². The number of nitrogens with two attached hydrogens (primary N) is 1. The van der Waals surface area contributed by atoms with Crippen LogP contribution in [0, 0.1) is 6.92 Å². The first-order valence-corrected chi connectivity index (χ1v) is 6.96. The van der Waals surface area contributed by atoms with Crippen molar-refractivity contribution in [3.8, 4) is 0 Å². The monoisotopic (exact) mass is 270 g/mol. The van der Waals surface area contributed by atoms with E-state index in [0.29, 0.717) is 24.7 Å². The molecule has 1 fully saturated rings. The second-order valence-electron chi connectivity index (χ2n) is 4.61. The number of nitrogens with zero attached hydrogens (tertiary/aromatic N) is 1. The number of ether oxygens (including phenoxy) is 1. The first-order valence-electron chi connectivity index (χ1n) is 6.08. The zero-order valence-corrected chi connectivity index (χ0v) is 11.5. The number of rotatable bonds is 4. The van der Waals surface area contributed by atoms with Gasteiger partial charge in [0.25, 0.3) is 5.22 Å². The Morgan fingerprint density at radius 1 is 1.78 bits per heavy atom. The zero-order chi connectivity index (χ0) is 13.2. The predicted octanol–water partition coefficient (Wildman–Crippen LogP) is 1.89. The van der Waals surface area contributed by atoms with E-state index in [2.05, 4.69) is 4.98 Å². The molecule has 1 saturated carbocycles. The summed E-state index contributed by atoms with van der Waals surface area (Å²) >= 11 is 1.54. The number of esters is 1. The maximum Gasteiger partial charge on any atom is 0.326 e. The molecule has 6 heteroatoms. The van der Waals surface area contributed by atoms with Gasteiger partial charge in [0.15, 0.2) is 0 Å². The molecule has 5 nitrogen and oxygen atoms in total. The largest absolute Gasteiger partial charge is 0.465 e. The van der Waals surface area contributed by atoms with Crippen molar-refractivity contribution in [3.05, 3.63) is 12.0 Å². The SMILES string of the molecule is CCOC(=O)C1(N)CCC(Sc2nc(C)co2)C1. The van der Waals surface area contributed by atoms with Crippen LogP contribution in [0.4, 0.5) is 0 Å². The van der Waals surface area contributed by atoms with Gasteiger partial charge < -0.3 is 14.9 Å². The standard InChI is InChI=1S/C12H18N2O3S/c1-3-16-10(15)12(13)5-4-9(6-12)18-11-14-8(2)7-17-11/h7,9H,3-6,13H2,1-2H3. The van der Waals surface area contributed by atoms with E-state index in [-0.39, 0.29) is 11.2 Å². The molecule has 1 aromatic heterocycles. The summed E-state index contributed by atoms with van der Waals surface area (Å²) in [4.78, 5) is 16.0. The van der Waals surface area contributed by atoms with E-state index in [1.165, 1.54) is 0 Å². The van der Waals surface area contributed by atoms with E-state index in [4.69, 9.17) is 14.9 Å². The average molecular weight is 270 g/mol. The summed E-state index contributed by atoms with van der Waals surface area (Å²) < 4.78 is 10.3. The number of carbonyl (C=O) groups excluding carboxylic acids is 1. The smallest absolute Gasteiger partial charge is 0.326 e. The Morgan fingerprint density at radius 3 is 3.17 bits per heavy atom. The third-order valence-corrected chi connectivity index (χ3v) is 4.18. The third kappa shape index (κ3) is 2.87. The van der Waals surface area contributed by atoms with Crippen LogP contribution in [-0.4, -0.2) is 28.3 Å². The highest BCUT2D eigenvalue weighted by Crippen LogP contribution is 2.39. The molecule has 100 valence electrons. The molecule has 18 heavy (non-hydrogen) atoms. The van der Waals surface area contributed by atoms with Gasteiger partial charge in [-0.05, 0) is 33.1 Å². The van der Waals surface area contributed by atoms with Gasteiger partial charge in [0.05, 0.1) is 12.3 Å². The lowest BCUT2D eigenvalue weighted by atomic mass is 10.00. The number of aromatic nitrogens is 1. The highest BCUT2D eigenvalue weighted by Gasteiger charge is 2.43. The quantitative estimate of drug-likeness (QED) is 0.842. The minimum Gasteiger partial charge on any atom is -0.465 e. The van der Waals surface area contributed by atoms with Crippen molar-refractivity contribution in [2.24, 2.45) is 5.73 Å². The van der Waals surface area contributed by atoms with Crippen molar-refractivity contribution in [2.75, 3.05) is 6.61 Å². The third-order valence-electron chi connectivity index (χ3n) is 3.05. The van der Waals surface area contributed by atoms with Crippen LogP contribution < -0.4 is 5.73 Å². The Hall–Kier alpha value is -1.01. The van der Waals surface area contributed by atoms with E-state index in [1.54, 1.807) is 24.9 Å². The molecule has 0 amide bonds. The van der Waals surface area contributed by atoms with Gasteiger partial charge in [-0.3, -0.25) is 4.79 Å². The maximum absolute atomic E-state index is 11.8. The molecule has 2 rings (SSSR count). The number of aryl methyl sites for hydroxylation is 1. The number of oxazole rings is 1. The van der Waals surface area contributed by atoms with Crippen LogP contribution in [0.1, 0.15) is 31.9 Å². The van der Waals surface area contributed by atoms with Crippen molar-refractivity contribution < 1.29 is 13.9 Å². The Kier molecular flexibility index (Phi) is 3.97. The number of thioether (sulfide) groups is 1. The first kappa shape index (κ1) is 13.4.